The minimum atomic E-state index is 0.639. The summed E-state index contributed by atoms with van der Waals surface area (Å²) in [4.78, 5) is 3.63. The molecule has 0 aliphatic heterocycles. The zero-order valence-electron chi connectivity index (χ0n) is 19.4. The zero-order valence-corrected chi connectivity index (χ0v) is 19.4. The van der Waals surface area contributed by atoms with E-state index in [1.165, 1.54) is 58.8 Å². The fourth-order valence-corrected chi connectivity index (χ4v) is 5.70. The van der Waals surface area contributed by atoms with Crippen LogP contribution in [0.4, 0.5) is 5.69 Å². The molecule has 0 bridgehead atoms. The molecule has 0 radical (unpaired) electrons. The van der Waals surface area contributed by atoms with Crippen LogP contribution in [0.1, 0.15) is 48.3 Å². The molecule has 2 aromatic heterocycles. The third kappa shape index (κ3) is 3.05. The van der Waals surface area contributed by atoms with Crippen LogP contribution in [-0.2, 0) is 7.05 Å². The molecule has 0 unspecified atom stereocenters. The molecule has 33 heavy (non-hydrogen) atoms. The van der Waals surface area contributed by atoms with Crippen LogP contribution in [0.3, 0.4) is 0 Å². The summed E-state index contributed by atoms with van der Waals surface area (Å²) in [5.74, 6) is 0.700. The zero-order chi connectivity index (χ0) is 22.7. The predicted octanol–water partition coefficient (Wildman–Crippen LogP) is 8.06. The Labute approximate surface area is 194 Å². The molecule has 1 aliphatic carbocycles. The SMILES string of the molecule is [C-]#[N+]c1ccc2oc3c(-c4c5ccc(C6CCCC6)cc5cc[n+]4C)c(C)c(C)cc3c2c1. The Morgan fingerprint density at radius 1 is 0.939 bits per heavy atom. The van der Waals surface area contributed by atoms with Crippen molar-refractivity contribution in [3.8, 4) is 11.3 Å². The Morgan fingerprint density at radius 3 is 2.55 bits per heavy atom. The van der Waals surface area contributed by atoms with Crippen LogP contribution in [0.5, 0.6) is 0 Å². The van der Waals surface area contributed by atoms with Crippen LogP contribution in [-0.4, -0.2) is 0 Å². The average Bonchev–Trinajstić information content (AvgIpc) is 3.48. The van der Waals surface area contributed by atoms with Gasteiger partial charge in [-0.15, -0.1) is 0 Å². The molecule has 5 aromatic rings. The Kier molecular flexibility index (Phi) is 4.52. The van der Waals surface area contributed by atoms with Crippen molar-refractivity contribution in [1.82, 2.24) is 0 Å². The number of rotatable bonds is 2. The average molecular weight is 432 g/mol. The second-order valence-electron chi connectivity index (χ2n) is 9.57. The topological polar surface area (TPSA) is 21.4 Å². The van der Waals surface area contributed by atoms with Gasteiger partial charge in [0, 0.05) is 16.8 Å². The fraction of sp³-hybridized carbons (Fsp3) is 0.267. The lowest BCUT2D eigenvalue weighted by Crippen LogP contribution is -2.31. The smallest absolute Gasteiger partial charge is 0.224 e. The van der Waals surface area contributed by atoms with E-state index < -0.39 is 0 Å². The van der Waals surface area contributed by atoms with E-state index in [-0.39, 0.29) is 0 Å². The minimum Gasteiger partial charge on any atom is -0.455 e. The predicted molar refractivity (Wildman–Crippen MR) is 135 cm³/mol. The van der Waals surface area contributed by atoms with E-state index in [9.17, 15) is 0 Å². The summed E-state index contributed by atoms with van der Waals surface area (Å²) < 4.78 is 8.68. The number of furan rings is 1. The largest absolute Gasteiger partial charge is 0.455 e. The van der Waals surface area contributed by atoms with Gasteiger partial charge in [-0.1, -0.05) is 31.0 Å². The van der Waals surface area contributed by atoms with Crippen molar-refractivity contribution in [2.24, 2.45) is 7.05 Å². The monoisotopic (exact) mass is 431 g/mol. The first-order valence-corrected chi connectivity index (χ1v) is 11.8. The van der Waals surface area contributed by atoms with Crippen molar-refractivity contribution in [1.29, 1.82) is 0 Å². The van der Waals surface area contributed by atoms with Crippen LogP contribution >= 0.6 is 0 Å². The number of nitrogens with zero attached hydrogens (tertiary/aromatic N) is 2. The van der Waals surface area contributed by atoms with Crippen LogP contribution in [0.15, 0.2) is 59.1 Å². The molecule has 2 heterocycles. The first-order chi connectivity index (χ1) is 16.0. The summed E-state index contributed by atoms with van der Waals surface area (Å²) in [7, 11) is 2.12. The Balaban J connectivity index is 1.67. The normalized spacial score (nSPS) is 14.5. The molecule has 1 fully saturated rings. The lowest BCUT2D eigenvalue weighted by Gasteiger charge is -2.13. The van der Waals surface area contributed by atoms with Gasteiger partial charge in [-0.05, 0) is 78.9 Å². The van der Waals surface area contributed by atoms with Gasteiger partial charge >= 0.3 is 0 Å². The molecule has 0 atom stereocenters. The number of hydrogen-bond acceptors (Lipinski definition) is 1. The highest BCUT2D eigenvalue weighted by Crippen LogP contribution is 2.42. The maximum absolute atomic E-state index is 7.42. The van der Waals surface area contributed by atoms with Gasteiger partial charge < -0.3 is 4.42 Å². The molecular formula is C30H27N2O+. The number of aryl methyl sites for hydroxylation is 2. The van der Waals surface area contributed by atoms with Crippen molar-refractivity contribution in [3.63, 3.8) is 0 Å². The number of aromatic nitrogens is 1. The molecule has 0 amide bonds. The molecule has 3 aromatic carbocycles. The highest BCUT2D eigenvalue weighted by molar-refractivity contribution is 6.13. The number of hydrogen-bond donors (Lipinski definition) is 0. The van der Waals surface area contributed by atoms with Crippen LogP contribution < -0.4 is 4.57 Å². The van der Waals surface area contributed by atoms with Crippen molar-refractivity contribution in [2.75, 3.05) is 0 Å². The van der Waals surface area contributed by atoms with E-state index in [1.807, 2.05) is 18.2 Å². The van der Waals surface area contributed by atoms with Gasteiger partial charge in [0.25, 0.3) is 0 Å². The van der Waals surface area contributed by atoms with E-state index in [0.717, 1.165) is 27.5 Å². The fourth-order valence-electron chi connectivity index (χ4n) is 5.70. The molecule has 1 saturated carbocycles. The summed E-state index contributed by atoms with van der Waals surface area (Å²) >= 11 is 0. The molecule has 6 rings (SSSR count). The van der Waals surface area contributed by atoms with Gasteiger partial charge in [-0.25, -0.2) is 9.41 Å². The molecule has 162 valence electrons. The van der Waals surface area contributed by atoms with E-state index in [4.69, 9.17) is 11.0 Å². The quantitative estimate of drug-likeness (QED) is 0.205. The highest BCUT2D eigenvalue weighted by Gasteiger charge is 2.25. The first-order valence-electron chi connectivity index (χ1n) is 11.8. The second-order valence-corrected chi connectivity index (χ2v) is 9.57. The molecule has 3 heteroatoms. The van der Waals surface area contributed by atoms with Crippen LogP contribution in [0.2, 0.25) is 0 Å². The molecule has 0 saturated heterocycles. The summed E-state index contributed by atoms with van der Waals surface area (Å²) in [5.41, 5.74) is 8.63. The number of fused-ring (bicyclic) bond motifs is 4. The van der Waals surface area contributed by atoms with Crippen LogP contribution in [0.25, 0.3) is 48.8 Å². The Morgan fingerprint density at radius 2 is 1.76 bits per heavy atom. The van der Waals surface area contributed by atoms with Crippen molar-refractivity contribution >= 4 is 38.4 Å². The maximum Gasteiger partial charge on any atom is 0.224 e. The van der Waals surface area contributed by atoms with E-state index in [2.05, 4.69) is 66.8 Å². The molecule has 3 nitrogen and oxygen atoms in total. The van der Waals surface area contributed by atoms with Crippen molar-refractivity contribution in [2.45, 2.75) is 45.4 Å². The van der Waals surface area contributed by atoms with E-state index in [0.29, 0.717) is 11.6 Å². The standard InChI is InChI=1S/C30H27N2O/c1-18-15-26-25-17-23(31-3)10-12-27(25)33-30(26)28(19(18)2)29-24-11-9-21(20-7-5-6-8-20)16-22(24)13-14-32(29)4/h9-17,20H,5-8H2,1-2,4H3/q+1. The molecular weight excluding hydrogens is 404 g/mol. The van der Waals surface area contributed by atoms with E-state index in [1.54, 1.807) is 0 Å². The summed E-state index contributed by atoms with van der Waals surface area (Å²) in [6.07, 6.45) is 7.48. The van der Waals surface area contributed by atoms with Crippen LogP contribution in [0, 0.1) is 20.4 Å². The second kappa shape index (κ2) is 7.46. The highest BCUT2D eigenvalue weighted by atomic mass is 16.3. The summed E-state index contributed by atoms with van der Waals surface area (Å²) in [6.45, 7) is 11.8. The Hall–Kier alpha value is -3.64. The Bertz CT molecular complexity index is 1610. The minimum absolute atomic E-state index is 0.639. The van der Waals surface area contributed by atoms with Gasteiger partial charge in [-0.2, -0.15) is 0 Å². The first kappa shape index (κ1) is 20.0. The van der Waals surface area contributed by atoms with Gasteiger partial charge in [0.2, 0.25) is 5.69 Å². The summed E-state index contributed by atoms with van der Waals surface area (Å²) in [5, 5.41) is 4.62. The lowest BCUT2D eigenvalue weighted by atomic mass is 9.91. The third-order valence-electron chi connectivity index (χ3n) is 7.62. The van der Waals surface area contributed by atoms with Gasteiger partial charge in [-0.3, -0.25) is 0 Å². The number of benzene rings is 3. The van der Waals surface area contributed by atoms with Gasteiger partial charge in [0.1, 0.15) is 18.2 Å². The lowest BCUT2D eigenvalue weighted by molar-refractivity contribution is -0.659. The maximum atomic E-state index is 7.42. The van der Waals surface area contributed by atoms with Crippen molar-refractivity contribution in [3.05, 3.63) is 82.8 Å². The number of pyridine rings is 1. The van der Waals surface area contributed by atoms with E-state index >= 15 is 0 Å². The summed E-state index contributed by atoms with van der Waals surface area (Å²) in [6, 6.07) is 17.2. The van der Waals surface area contributed by atoms with Gasteiger partial charge in [0.05, 0.1) is 17.5 Å². The van der Waals surface area contributed by atoms with Crippen molar-refractivity contribution < 1.29 is 8.98 Å². The molecule has 1 aliphatic rings. The molecule has 0 N–H and O–H groups in total. The van der Waals surface area contributed by atoms with Gasteiger partial charge in [0.15, 0.2) is 11.9 Å². The third-order valence-corrected chi connectivity index (χ3v) is 7.62. The molecule has 0 spiro atoms.